The Hall–Kier alpha value is -2.35. The minimum absolute atomic E-state index is 0.00343. The van der Waals surface area contributed by atoms with Crippen molar-refractivity contribution in [3.05, 3.63) is 53.9 Å². The molecular formula is C14H9F3N2. The van der Waals surface area contributed by atoms with E-state index in [2.05, 4.69) is 4.98 Å². The van der Waals surface area contributed by atoms with Gasteiger partial charge in [-0.2, -0.15) is 18.4 Å². The van der Waals surface area contributed by atoms with E-state index >= 15 is 0 Å². The summed E-state index contributed by atoms with van der Waals surface area (Å²) >= 11 is 0. The van der Waals surface area contributed by atoms with Crippen molar-refractivity contribution >= 4 is 0 Å². The Labute approximate surface area is 108 Å². The highest BCUT2D eigenvalue weighted by Gasteiger charge is 2.34. The molecule has 2 nitrogen and oxygen atoms in total. The Morgan fingerprint density at radius 3 is 2.37 bits per heavy atom. The number of nitrogens with zero attached hydrogens (tertiary/aromatic N) is 2. The predicted octanol–water partition coefficient (Wildman–Crippen LogP) is 3.83. The molecule has 2 aromatic rings. The highest BCUT2D eigenvalue weighted by Crippen LogP contribution is 2.36. The molecule has 1 heterocycles. The van der Waals surface area contributed by atoms with Crippen LogP contribution < -0.4 is 0 Å². The topological polar surface area (TPSA) is 36.7 Å². The van der Waals surface area contributed by atoms with Crippen LogP contribution in [0.3, 0.4) is 0 Å². The number of benzene rings is 1. The number of halogens is 3. The Morgan fingerprint density at radius 1 is 1.11 bits per heavy atom. The first kappa shape index (κ1) is 13.1. The standard InChI is InChI=1S/C14H9F3N2/c15-14(16,17)13-3-1-2-11(12(13)4-7-18)10-5-8-19-9-6-10/h1-3,5-6,8-9H,4H2. The molecule has 1 aromatic carbocycles. The summed E-state index contributed by atoms with van der Waals surface area (Å²) in [5.41, 5.74) is 0.275. The van der Waals surface area contributed by atoms with Gasteiger partial charge in [-0.15, -0.1) is 0 Å². The maximum atomic E-state index is 12.9. The van der Waals surface area contributed by atoms with Gasteiger partial charge in [0.05, 0.1) is 18.1 Å². The van der Waals surface area contributed by atoms with Crippen LogP contribution in [0.5, 0.6) is 0 Å². The predicted molar refractivity (Wildman–Crippen MR) is 64.0 cm³/mol. The van der Waals surface area contributed by atoms with Gasteiger partial charge in [-0.3, -0.25) is 4.98 Å². The first-order chi connectivity index (χ1) is 9.04. The normalized spacial score (nSPS) is 11.1. The van der Waals surface area contributed by atoms with Crippen molar-refractivity contribution in [3.8, 4) is 17.2 Å². The third kappa shape index (κ3) is 2.74. The van der Waals surface area contributed by atoms with E-state index in [0.29, 0.717) is 11.1 Å². The van der Waals surface area contributed by atoms with Crippen LogP contribution in [-0.4, -0.2) is 4.98 Å². The number of nitriles is 1. The van der Waals surface area contributed by atoms with Crippen LogP contribution in [0.15, 0.2) is 42.7 Å². The second kappa shape index (κ2) is 5.11. The van der Waals surface area contributed by atoms with Crippen molar-refractivity contribution in [2.75, 3.05) is 0 Å². The summed E-state index contributed by atoms with van der Waals surface area (Å²) in [7, 11) is 0. The molecule has 0 bridgehead atoms. The van der Waals surface area contributed by atoms with Crippen molar-refractivity contribution in [2.24, 2.45) is 0 Å². The van der Waals surface area contributed by atoms with E-state index in [1.165, 1.54) is 18.5 Å². The number of rotatable bonds is 2. The average Bonchev–Trinajstić information content (AvgIpc) is 2.39. The van der Waals surface area contributed by atoms with Crippen LogP contribution in [0.25, 0.3) is 11.1 Å². The lowest BCUT2D eigenvalue weighted by Gasteiger charge is -2.15. The molecule has 5 heteroatoms. The number of aromatic nitrogens is 1. The van der Waals surface area contributed by atoms with Gasteiger partial charge in [0, 0.05) is 12.4 Å². The van der Waals surface area contributed by atoms with E-state index in [1.807, 2.05) is 0 Å². The fraction of sp³-hybridized carbons (Fsp3) is 0.143. The minimum Gasteiger partial charge on any atom is -0.265 e. The molecule has 0 unspecified atom stereocenters. The molecule has 0 atom stereocenters. The molecule has 0 saturated heterocycles. The zero-order chi connectivity index (χ0) is 13.9. The molecule has 0 aliphatic carbocycles. The maximum absolute atomic E-state index is 12.9. The van der Waals surface area contributed by atoms with Gasteiger partial charge in [0.1, 0.15) is 0 Å². The molecule has 0 fully saturated rings. The second-order valence-corrected chi connectivity index (χ2v) is 3.90. The van der Waals surface area contributed by atoms with Crippen molar-refractivity contribution in [1.29, 1.82) is 5.26 Å². The summed E-state index contributed by atoms with van der Waals surface area (Å²) in [6.45, 7) is 0. The van der Waals surface area contributed by atoms with Crippen LogP contribution in [-0.2, 0) is 12.6 Å². The van der Waals surface area contributed by atoms with E-state index in [-0.39, 0.29) is 12.0 Å². The summed E-state index contributed by atoms with van der Waals surface area (Å²) in [4.78, 5) is 3.83. The second-order valence-electron chi connectivity index (χ2n) is 3.90. The molecule has 2 rings (SSSR count). The van der Waals surface area contributed by atoms with Crippen molar-refractivity contribution < 1.29 is 13.2 Å². The molecular weight excluding hydrogens is 253 g/mol. The van der Waals surface area contributed by atoms with Crippen molar-refractivity contribution in [1.82, 2.24) is 4.98 Å². The summed E-state index contributed by atoms with van der Waals surface area (Å²) in [5, 5.41) is 8.75. The molecule has 0 spiro atoms. The number of pyridine rings is 1. The third-order valence-corrected chi connectivity index (χ3v) is 2.73. The van der Waals surface area contributed by atoms with Crippen LogP contribution in [0.2, 0.25) is 0 Å². The zero-order valence-electron chi connectivity index (χ0n) is 9.78. The SMILES string of the molecule is N#CCc1c(-c2ccncc2)cccc1C(F)(F)F. The Bertz CT molecular complexity index is 613. The van der Waals surface area contributed by atoms with Crippen molar-refractivity contribution in [2.45, 2.75) is 12.6 Å². The van der Waals surface area contributed by atoms with Gasteiger partial charge in [-0.1, -0.05) is 12.1 Å². The lowest BCUT2D eigenvalue weighted by Crippen LogP contribution is -2.10. The van der Waals surface area contributed by atoms with Crippen LogP contribution in [0.1, 0.15) is 11.1 Å². The first-order valence-electron chi connectivity index (χ1n) is 5.50. The smallest absolute Gasteiger partial charge is 0.265 e. The van der Waals surface area contributed by atoms with Gasteiger partial charge >= 0.3 is 6.18 Å². The highest BCUT2D eigenvalue weighted by molar-refractivity contribution is 5.69. The van der Waals surface area contributed by atoms with E-state index in [1.54, 1.807) is 24.3 Å². The molecule has 0 aliphatic heterocycles. The van der Waals surface area contributed by atoms with Gasteiger partial charge in [-0.05, 0) is 34.9 Å². The van der Waals surface area contributed by atoms with E-state index < -0.39 is 11.7 Å². The Balaban J connectivity index is 2.66. The quantitative estimate of drug-likeness (QED) is 0.824. The largest absolute Gasteiger partial charge is 0.416 e. The summed E-state index contributed by atoms with van der Waals surface area (Å²) in [6.07, 6.45) is -1.74. The van der Waals surface area contributed by atoms with Gasteiger partial charge < -0.3 is 0 Å². The van der Waals surface area contributed by atoms with E-state index in [4.69, 9.17) is 5.26 Å². The molecule has 0 aliphatic rings. The number of hydrogen-bond acceptors (Lipinski definition) is 2. The van der Waals surface area contributed by atoms with Crippen LogP contribution in [0, 0.1) is 11.3 Å². The number of alkyl halides is 3. The van der Waals surface area contributed by atoms with Crippen LogP contribution >= 0.6 is 0 Å². The Kier molecular flexibility index (Phi) is 3.52. The van der Waals surface area contributed by atoms with Gasteiger partial charge in [-0.25, -0.2) is 0 Å². The minimum atomic E-state index is -4.46. The first-order valence-corrected chi connectivity index (χ1v) is 5.50. The fourth-order valence-electron chi connectivity index (χ4n) is 1.92. The van der Waals surface area contributed by atoms with Crippen LogP contribution in [0.4, 0.5) is 13.2 Å². The maximum Gasteiger partial charge on any atom is 0.416 e. The van der Waals surface area contributed by atoms with Gasteiger partial charge in [0.25, 0.3) is 0 Å². The van der Waals surface area contributed by atoms with Gasteiger partial charge in [0.15, 0.2) is 0 Å². The van der Waals surface area contributed by atoms with E-state index in [0.717, 1.165) is 6.07 Å². The van der Waals surface area contributed by atoms with Crippen molar-refractivity contribution in [3.63, 3.8) is 0 Å². The lowest BCUT2D eigenvalue weighted by atomic mass is 9.94. The van der Waals surface area contributed by atoms with E-state index in [9.17, 15) is 13.2 Å². The average molecular weight is 262 g/mol. The fourth-order valence-corrected chi connectivity index (χ4v) is 1.92. The van der Waals surface area contributed by atoms with Gasteiger partial charge in [0.2, 0.25) is 0 Å². The molecule has 0 saturated carbocycles. The molecule has 1 aromatic heterocycles. The lowest BCUT2D eigenvalue weighted by molar-refractivity contribution is -0.138. The molecule has 96 valence electrons. The molecule has 19 heavy (non-hydrogen) atoms. The summed E-state index contributed by atoms with van der Waals surface area (Å²) in [6, 6.07) is 8.96. The zero-order valence-corrected chi connectivity index (χ0v) is 9.78. The molecule has 0 N–H and O–H groups in total. The Morgan fingerprint density at radius 2 is 1.79 bits per heavy atom. The third-order valence-electron chi connectivity index (χ3n) is 2.73. The summed E-state index contributed by atoms with van der Waals surface area (Å²) < 4.78 is 38.8. The highest BCUT2D eigenvalue weighted by atomic mass is 19.4. The number of hydrogen-bond donors (Lipinski definition) is 0. The molecule has 0 radical (unpaired) electrons. The monoisotopic (exact) mass is 262 g/mol. The molecule has 0 amide bonds. The summed E-state index contributed by atoms with van der Waals surface area (Å²) in [5.74, 6) is 0.